The third-order valence-electron chi connectivity index (χ3n) is 2.80. The molecule has 1 aliphatic heterocycles. The molecule has 0 atom stereocenters. The first kappa shape index (κ1) is 12.7. The van der Waals surface area contributed by atoms with Crippen LogP contribution >= 0.6 is 0 Å². The van der Waals surface area contributed by atoms with Crippen LogP contribution in [-0.2, 0) is 4.84 Å². The number of hydroxylamine groups is 2. The summed E-state index contributed by atoms with van der Waals surface area (Å²) < 4.78 is 5.45. The van der Waals surface area contributed by atoms with Gasteiger partial charge in [0.25, 0.3) is 5.91 Å². The van der Waals surface area contributed by atoms with Crippen LogP contribution in [0.1, 0.15) is 30.1 Å². The Labute approximate surface area is 106 Å². The fourth-order valence-electron chi connectivity index (χ4n) is 1.93. The summed E-state index contributed by atoms with van der Waals surface area (Å²) in [5.41, 5.74) is 6.68. The van der Waals surface area contributed by atoms with Crippen LogP contribution < -0.4 is 10.5 Å². The van der Waals surface area contributed by atoms with Crippen molar-refractivity contribution in [1.29, 1.82) is 0 Å². The number of anilines is 1. The molecule has 98 valence electrons. The zero-order chi connectivity index (χ0) is 13.0. The van der Waals surface area contributed by atoms with Crippen LogP contribution in [0.15, 0.2) is 18.2 Å². The number of carbonyl (C=O) groups excluding carboxylic acids is 1. The number of rotatable bonds is 3. The minimum atomic E-state index is -0.226. The summed E-state index contributed by atoms with van der Waals surface area (Å²) in [5, 5.41) is 1.37. The predicted molar refractivity (Wildman–Crippen MR) is 68.2 cm³/mol. The molecule has 1 amide bonds. The third kappa shape index (κ3) is 2.56. The lowest BCUT2D eigenvalue weighted by molar-refractivity contribution is -0.144. The Morgan fingerprint density at radius 2 is 2.33 bits per heavy atom. The van der Waals surface area contributed by atoms with Crippen LogP contribution in [0.25, 0.3) is 0 Å². The van der Waals surface area contributed by atoms with Crippen LogP contribution in [0.5, 0.6) is 5.75 Å². The second-order valence-electron chi connectivity index (χ2n) is 4.10. The van der Waals surface area contributed by atoms with Gasteiger partial charge in [0.1, 0.15) is 11.3 Å². The van der Waals surface area contributed by atoms with E-state index in [2.05, 4.69) is 0 Å². The first-order valence-corrected chi connectivity index (χ1v) is 6.20. The largest absolute Gasteiger partial charge is 0.493 e. The fourth-order valence-corrected chi connectivity index (χ4v) is 1.93. The van der Waals surface area contributed by atoms with E-state index < -0.39 is 0 Å². The molecule has 2 rings (SSSR count). The Kier molecular flexibility index (Phi) is 4.04. The first-order chi connectivity index (χ1) is 8.74. The zero-order valence-corrected chi connectivity index (χ0v) is 10.5. The van der Waals surface area contributed by atoms with Gasteiger partial charge in [0, 0.05) is 12.2 Å². The topological polar surface area (TPSA) is 64.8 Å². The molecule has 2 N–H and O–H groups in total. The lowest BCUT2D eigenvalue weighted by Crippen LogP contribution is -2.36. The minimum absolute atomic E-state index is 0.226. The fraction of sp³-hybridized carbons (Fsp3) is 0.462. The summed E-state index contributed by atoms with van der Waals surface area (Å²) in [6, 6.07) is 5.21. The molecule has 0 aliphatic carbocycles. The van der Waals surface area contributed by atoms with Crippen molar-refractivity contribution >= 4 is 11.6 Å². The van der Waals surface area contributed by atoms with Gasteiger partial charge in [-0.3, -0.25) is 9.63 Å². The number of nitrogen functional groups attached to an aromatic ring is 1. The second kappa shape index (κ2) is 5.73. The van der Waals surface area contributed by atoms with E-state index in [4.69, 9.17) is 15.3 Å². The molecule has 1 heterocycles. The number of hydrogen-bond acceptors (Lipinski definition) is 4. The monoisotopic (exact) mass is 250 g/mol. The normalized spacial score (nSPS) is 15.5. The molecule has 0 radical (unpaired) electrons. The van der Waals surface area contributed by atoms with Gasteiger partial charge in [0.05, 0.1) is 13.2 Å². The molecular formula is C13H18N2O3. The Bertz CT molecular complexity index is 428. The Hall–Kier alpha value is -1.75. The number of benzene rings is 1. The molecule has 5 heteroatoms. The summed E-state index contributed by atoms with van der Waals surface area (Å²) in [7, 11) is 0. The van der Waals surface area contributed by atoms with Crippen LogP contribution in [-0.4, -0.2) is 30.7 Å². The number of hydrogen-bond donors (Lipinski definition) is 1. The van der Waals surface area contributed by atoms with Crippen molar-refractivity contribution in [1.82, 2.24) is 5.06 Å². The standard InChI is InChI=1S/C13H18N2O3/c1-2-17-11-7-5-6-10(14)12(11)13(16)15-8-3-4-9-18-15/h5-7H,2-4,8-9,14H2,1H3. The van der Waals surface area contributed by atoms with Crippen molar-refractivity contribution in [2.75, 3.05) is 25.5 Å². The highest BCUT2D eigenvalue weighted by Crippen LogP contribution is 2.27. The van der Waals surface area contributed by atoms with Crippen molar-refractivity contribution in [3.05, 3.63) is 23.8 Å². The molecule has 0 spiro atoms. The highest BCUT2D eigenvalue weighted by atomic mass is 16.7. The van der Waals surface area contributed by atoms with E-state index in [9.17, 15) is 4.79 Å². The molecule has 1 aromatic carbocycles. The number of amides is 1. The van der Waals surface area contributed by atoms with Gasteiger partial charge in [-0.05, 0) is 31.9 Å². The second-order valence-corrected chi connectivity index (χ2v) is 4.10. The van der Waals surface area contributed by atoms with Gasteiger partial charge in [-0.25, -0.2) is 5.06 Å². The van der Waals surface area contributed by atoms with Crippen molar-refractivity contribution < 1.29 is 14.4 Å². The van der Waals surface area contributed by atoms with Gasteiger partial charge < -0.3 is 10.5 Å². The predicted octanol–water partition coefficient (Wildman–Crippen LogP) is 1.84. The summed E-state index contributed by atoms with van der Waals surface area (Å²) in [6.07, 6.45) is 1.93. The quantitative estimate of drug-likeness (QED) is 0.831. The zero-order valence-electron chi connectivity index (χ0n) is 10.5. The summed E-state index contributed by atoms with van der Waals surface area (Å²) >= 11 is 0. The molecule has 5 nitrogen and oxygen atoms in total. The van der Waals surface area contributed by atoms with E-state index in [1.54, 1.807) is 18.2 Å². The smallest absolute Gasteiger partial charge is 0.283 e. The lowest BCUT2D eigenvalue weighted by atomic mass is 10.1. The minimum Gasteiger partial charge on any atom is -0.493 e. The molecule has 18 heavy (non-hydrogen) atoms. The molecule has 0 saturated carbocycles. The molecular weight excluding hydrogens is 232 g/mol. The summed E-state index contributed by atoms with van der Waals surface area (Å²) in [4.78, 5) is 17.7. The van der Waals surface area contributed by atoms with Gasteiger partial charge in [-0.1, -0.05) is 6.07 Å². The summed E-state index contributed by atoms with van der Waals surface area (Å²) in [5.74, 6) is 0.285. The van der Waals surface area contributed by atoms with E-state index in [0.29, 0.717) is 36.8 Å². The van der Waals surface area contributed by atoms with Gasteiger partial charge in [-0.2, -0.15) is 0 Å². The highest BCUT2D eigenvalue weighted by Gasteiger charge is 2.24. The maximum absolute atomic E-state index is 12.4. The van der Waals surface area contributed by atoms with E-state index in [-0.39, 0.29) is 5.91 Å². The number of carbonyl (C=O) groups is 1. The van der Waals surface area contributed by atoms with E-state index in [0.717, 1.165) is 12.8 Å². The van der Waals surface area contributed by atoms with E-state index in [1.165, 1.54) is 5.06 Å². The molecule has 0 unspecified atom stereocenters. The van der Waals surface area contributed by atoms with Gasteiger partial charge in [0.2, 0.25) is 0 Å². The molecule has 1 aliphatic rings. The molecule has 1 saturated heterocycles. The van der Waals surface area contributed by atoms with Crippen LogP contribution in [0.2, 0.25) is 0 Å². The van der Waals surface area contributed by atoms with Crippen molar-refractivity contribution in [2.45, 2.75) is 19.8 Å². The van der Waals surface area contributed by atoms with Crippen LogP contribution in [0.4, 0.5) is 5.69 Å². The van der Waals surface area contributed by atoms with Gasteiger partial charge >= 0.3 is 0 Å². The maximum atomic E-state index is 12.4. The van der Waals surface area contributed by atoms with Crippen molar-refractivity contribution in [3.63, 3.8) is 0 Å². The molecule has 1 fully saturated rings. The number of ether oxygens (including phenoxy) is 1. The SMILES string of the molecule is CCOc1cccc(N)c1C(=O)N1CCCCO1. The Morgan fingerprint density at radius 3 is 3.00 bits per heavy atom. The molecule has 0 aromatic heterocycles. The Morgan fingerprint density at radius 1 is 1.50 bits per heavy atom. The van der Waals surface area contributed by atoms with Crippen molar-refractivity contribution in [2.24, 2.45) is 0 Å². The van der Waals surface area contributed by atoms with E-state index in [1.807, 2.05) is 6.92 Å². The lowest BCUT2D eigenvalue weighted by Gasteiger charge is -2.26. The highest BCUT2D eigenvalue weighted by molar-refractivity contribution is 6.01. The summed E-state index contributed by atoms with van der Waals surface area (Å²) in [6.45, 7) is 3.53. The molecule has 1 aromatic rings. The number of nitrogens with zero attached hydrogens (tertiary/aromatic N) is 1. The van der Waals surface area contributed by atoms with Crippen molar-refractivity contribution in [3.8, 4) is 5.75 Å². The van der Waals surface area contributed by atoms with E-state index >= 15 is 0 Å². The average molecular weight is 250 g/mol. The molecule has 0 bridgehead atoms. The first-order valence-electron chi connectivity index (χ1n) is 6.20. The third-order valence-corrected chi connectivity index (χ3v) is 2.80. The number of nitrogens with two attached hydrogens (primary N) is 1. The van der Waals surface area contributed by atoms with Gasteiger partial charge in [-0.15, -0.1) is 0 Å². The van der Waals surface area contributed by atoms with Gasteiger partial charge in [0.15, 0.2) is 0 Å². The average Bonchev–Trinajstić information content (AvgIpc) is 2.40. The van der Waals surface area contributed by atoms with Crippen LogP contribution in [0, 0.1) is 0 Å². The Balaban J connectivity index is 2.27. The maximum Gasteiger partial charge on any atom is 0.283 e. The van der Waals surface area contributed by atoms with Crippen LogP contribution in [0.3, 0.4) is 0 Å².